The standard InChI is InChI=1S/C27H26N4P/c1-20-19-28-21(2)27-29-26(30-31(20)27)22(3)32(23-13-7-4-8-14-23,24-15-9-5-10-16-24)25-17-11-6-12-18-25/h4-19,22H,1-3H3/q+1/t22-/m1/s1. The van der Waals surface area contributed by atoms with E-state index in [0.29, 0.717) is 0 Å². The van der Waals surface area contributed by atoms with Crippen molar-refractivity contribution in [1.82, 2.24) is 19.6 Å². The van der Waals surface area contributed by atoms with Gasteiger partial charge in [0.15, 0.2) is 11.5 Å². The highest BCUT2D eigenvalue weighted by atomic mass is 31.2. The Morgan fingerprint density at radius 3 is 1.62 bits per heavy atom. The van der Waals surface area contributed by atoms with E-state index in [1.54, 1.807) is 0 Å². The smallest absolute Gasteiger partial charge is 0.193 e. The van der Waals surface area contributed by atoms with E-state index in [1.165, 1.54) is 15.9 Å². The fourth-order valence-corrected chi connectivity index (χ4v) is 9.19. The van der Waals surface area contributed by atoms with Crippen LogP contribution in [0, 0.1) is 13.8 Å². The van der Waals surface area contributed by atoms with Crippen molar-refractivity contribution in [1.29, 1.82) is 0 Å². The van der Waals surface area contributed by atoms with E-state index < -0.39 is 7.26 Å². The highest BCUT2D eigenvalue weighted by Gasteiger charge is 2.52. The lowest BCUT2D eigenvalue weighted by Crippen LogP contribution is -2.34. The number of aryl methyl sites for hydroxylation is 2. The largest absolute Gasteiger partial charge is 0.256 e. The molecule has 2 heterocycles. The maximum absolute atomic E-state index is 5.03. The molecular weight excluding hydrogens is 411 g/mol. The highest BCUT2D eigenvalue weighted by Crippen LogP contribution is 2.65. The van der Waals surface area contributed by atoms with Crippen LogP contribution in [-0.4, -0.2) is 19.6 Å². The van der Waals surface area contributed by atoms with Gasteiger partial charge in [-0.15, -0.1) is 5.10 Å². The van der Waals surface area contributed by atoms with E-state index in [2.05, 4.69) is 103 Å². The summed E-state index contributed by atoms with van der Waals surface area (Å²) in [5.41, 5.74) is 2.79. The summed E-state index contributed by atoms with van der Waals surface area (Å²) < 4.78 is 1.93. The first-order chi connectivity index (χ1) is 15.6. The molecule has 0 aliphatic carbocycles. The molecule has 4 nitrogen and oxygen atoms in total. The van der Waals surface area contributed by atoms with Gasteiger partial charge in [-0.25, -0.2) is 9.50 Å². The minimum absolute atomic E-state index is 0.0772. The molecule has 32 heavy (non-hydrogen) atoms. The number of fused-ring (bicyclic) bond motifs is 1. The van der Waals surface area contributed by atoms with Crippen molar-refractivity contribution < 1.29 is 0 Å². The van der Waals surface area contributed by atoms with Crippen LogP contribution in [0.3, 0.4) is 0 Å². The molecule has 5 rings (SSSR count). The quantitative estimate of drug-likeness (QED) is 0.371. The van der Waals surface area contributed by atoms with Gasteiger partial charge in [-0.3, -0.25) is 4.98 Å². The Hall–Kier alpha value is -3.36. The van der Waals surface area contributed by atoms with Crippen LogP contribution in [-0.2, 0) is 0 Å². The van der Waals surface area contributed by atoms with Crippen molar-refractivity contribution in [3.63, 3.8) is 0 Å². The molecule has 0 spiro atoms. The topological polar surface area (TPSA) is 43.1 Å². The number of benzene rings is 3. The van der Waals surface area contributed by atoms with E-state index >= 15 is 0 Å². The number of nitrogens with zero attached hydrogens (tertiary/aromatic N) is 4. The van der Waals surface area contributed by atoms with Crippen LogP contribution in [0.1, 0.15) is 29.8 Å². The Kier molecular flexibility index (Phi) is 5.32. The second-order valence-electron chi connectivity index (χ2n) is 8.10. The molecule has 0 amide bonds. The summed E-state index contributed by atoms with van der Waals surface area (Å²) >= 11 is 0. The number of hydrogen-bond acceptors (Lipinski definition) is 3. The van der Waals surface area contributed by atoms with Gasteiger partial charge in [0.1, 0.15) is 28.8 Å². The molecule has 5 aromatic rings. The normalized spacial score (nSPS) is 12.7. The molecule has 0 unspecified atom stereocenters. The van der Waals surface area contributed by atoms with Gasteiger partial charge in [-0.1, -0.05) is 54.6 Å². The molecule has 3 aromatic carbocycles. The minimum atomic E-state index is -2.11. The monoisotopic (exact) mass is 437 g/mol. The summed E-state index contributed by atoms with van der Waals surface area (Å²) in [4.78, 5) is 9.53. The summed E-state index contributed by atoms with van der Waals surface area (Å²) in [6.07, 6.45) is 1.86. The molecular formula is C27H26N4P+. The Morgan fingerprint density at radius 1 is 0.719 bits per heavy atom. The molecule has 0 saturated heterocycles. The van der Waals surface area contributed by atoms with Crippen LogP contribution in [0.25, 0.3) is 5.65 Å². The molecule has 0 N–H and O–H groups in total. The molecule has 0 aliphatic heterocycles. The van der Waals surface area contributed by atoms with E-state index in [9.17, 15) is 0 Å². The number of aromatic nitrogens is 4. The van der Waals surface area contributed by atoms with Crippen molar-refractivity contribution in [3.05, 3.63) is 114 Å². The Labute approximate surface area is 189 Å². The van der Waals surface area contributed by atoms with Crippen LogP contribution in [0.15, 0.2) is 97.2 Å². The summed E-state index contributed by atoms with van der Waals surface area (Å²) in [6.45, 7) is 6.30. The van der Waals surface area contributed by atoms with Gasteiger partial charge in [0.2, 0.25) is 0 Å². The first kappa shape index (κ1) is 20.5. The van der Waals surface area contributed by atoms with Gasteiger partial charge in [-0.2, -0.15) is 0 Å². The summed E-state index contributed by atoms with van der Waals surface area (Å²) in [7, 11) is -2.11. The lowest BCUT2D eigenvalue weighted by atomic mass is 10.3. The Morgan fingerprint density at radius 2 is 1.19 bits per heavy atom. The van der Waals surface area contributed by atoms with Crippen LogP contribution < -0.4 is 15.9 Å². The molecule has 0 radical (unpaired) electrons. The SMILES string of the molecule is Cc1ncc(C)n2nc([C@@H](C)[P+](c3ccccc3)(c3ccccc3)c3ccccc3)nc12. The predicted octanol–water partition coefficient (Wildman–Crippen LogP) is 4.80. The second kappa shape index (κ2) is 8.29. The van der Waals surface area contributed by atoms with Crippen molar-refractivity contribution in [2.45, 2.75) is 26.4 Å². The number of rotatable bonds is 5. The van der Waals surface area contributed by atoms with Crippen molar-refractivity contribution in [2.75, 3.05) is 0 Å². The molecule has 0 aliphatic rings. The average molecular weight is 438 g/mol. The van der Waals surface area contributed by atoms with Gasteiger partial charge < -0.3 is 0 Å². The van der Waals surface area contributed by atoms with Gasteiger partial charge in [0.25, 0.3) is 0 Å². The first-order valence-electron chi connectivity index (χ1n) is 10.9. The third kappa shape index (κ3) is 3.23. The molecule has 1 atom stereocenters. The second-order valence-corrected chi connectivity index (χ2v) is 11.9. The zero-order valence-electron chi connectivity index (χ0n) is 18.6. The summed E-state index contributed by atoms with van der Waals surface area (Å²) in [6, 6.07) is 32.6. The average Bonchev–Trinajstić information content (AvgIpc) is 3.31. The van der Waals surface area contributed by atoms with Crippen LogP contribution >= 0.6 is 7.26 Å². The lowest BCUT2D eigenvalue weighted by Gasteiger charge is -2.31. The van der Waals surface area contributed by atoms with Crippen LogP contribution in [0.2, 0.25) is 0 Å². The van der Waals surface area contributed by atoms with Gasteiger partial charge >= 0.3 is 0 Å². The Bertz CT molecular complexity index is 1210. The molecule has 0 bridgehead atoms. The predicted molar refractivity (Wildman–Crippen MR) is 134 cm³/mol. The molecule has 2 aromatic heterocycles. The van der Waals surface area contributed by atoms with Crippen molar-refractivity contribution in [3.8, 4) is 0 Å². The maximum Gasteiger partial charge on any atom is 0.193 e. The fourth-order valence-electron chi connectivity index (χ4n) is 4.57. The zero-order valence-corrected chi connectivity index (χ0v) is 19.4. The van der Waals surface area contributed by atoms with Crippen LogP contribution in [0.5, 0.6) is 0 Å². The molecule has 0 fully saturated rings. The maximum atomic E-state index is 5.03. The Balaban J connectivity index is 1.84. The van der Waals surface area contributed by atoms with Gasteiger partial charge in [-0.05, 0) is 57.2 Å². The zero-order chi connectivity index (χ0) is 22.1. The third-order valence-corrected chi connectivity index (χ3v) is 10.9. The first-order valence-corrected chi connectivity index (χ1v) is 12.7. The minimum Gasteiger partial charge on any atom is -0.256 e. The van der Waals surface area contributed by atoms with E-state index in [-0.39, 0.29) is 5.66 Å². The summed E-state index contributed by atoms with van der Waals surface area (Å²) in [5.74, 6) is 0.856. The van der Waals surface area contributed by atoms with Gasteiger partial charge in [0.05, 0.1) is 11.4 Å². The van der Waals surface area contributed by atoms with Crippen LogP contribution in [0.4, 0.5) is 0 Å². The highest BCUT2D eigenvalue weighted by molar-refractivity contribution is 7.95. The van der Waals surface area contributed by atoms with E-state index in [0.717, 1.165) is 22.9 Å². The van der Waals surface area contributed by atoms with E-state index in [1.807, 2.05) is 24.6 Å². The third-order valence-electron chi connectivity index (χ3n) is 6.17. The summed E-state index contributed by atoms with van der Waals surface area (Å²) in [5, 5.41) is 9.00. The van der Waals surface area contributed by atoms with Crippen molar-refractivity contribution in [2.24, 2.45) is 0 Å². The lowest BCUT2D eigenvalue weighted by molar-refractivity contribution is 0.837. The van der Waals surface area contributed by atoms with Crippen molar-refractivity contribution >= 4 is 28.8 Å². The van der Waals surface area contributed by atoms with E-state index in [4.69, 9.17) is 10.1 Å². The molecule has 0 saturated carbocycles. The molecule has 5 heteroatoms. The fraction of sp³-hybridized carbons (Fsp3) is 0.148. The molecule has 158 valence electrons. The number of hydrogen-bond donors (Lipinski definition) is 0. The van der Waals surface area contributed by atoms with Gasteiger partial charge in [0, 0.05) is 6.20 Å².